The lowest BCUT2D eigenvalue weighted by Gasteiger charge is -2.40. The Morgan fingerprint density at radius 2 is 1.38 bits per heavy atom. The van der Waals surface area contributed by atoms with Gasteiger partial charge in [0.1, 0.15) is 0 Å². The molecule has 0 fully saturated rings. The van der Waals surface area contributed by atoms with Gasteiger partial charge in [-0.1, -0.05) is 125 Å². The van der Waals surface area contributed by atoms with E-state index in [-0.39, 0.29) is 34.2 Å². The highest BCUT2D eigenvalue weighted by molar-refractivity contribution is 6.74. The third-order valence-electron chi connectivity index (χ3n) is 11.9. The van der Waals surface area contributed by atoms with Crippen LogP contribution in [0.2, 0.25) is 54.4 Å². The number of hydrogen-bond donors (Lipinski definition) is 0. The number of ether oxygens (including phenoxy) is 1. The van der Waals surface area contributed by atoms with Crippen molar-refractivity contribution in [3.8, 4) is 0 Å². The fourth-order valence-corrected chi connectivity index (χ4v) is 11.2. The number of rotatable bonds is 25. The first-order valence-electron chi connectivity index (χ1n) is 20.0. The molecule has 0 saturated heterocycles. The zero-order chi connectivity index (χ0) is 38.2. The maximum Gasteiger partial charge on any atom is 0.192 e. The largest absolute Gasteiger partial charge is 0.417 e. The normalized spacial score (nSPS) is 16.1. The third kappa shape index (κ3) is 16.4. The second kappa shape index (κ2) is 21.7. The summed E-state index contributed by atoms with van der Waals surface area (Å²) in [6.07, 6.45) is 9.95. The van der Waals surface area contributed by atoms with Crippen LogP contribution in [0.4, 0.5) is 0 Å². The molecule has 0 aliphatic carbocycles. The van der Waals surface area contributed by atoms with Crippen molar-refractivity contribution in [3.63, 3.8) is 0 Å². The number of allylic oxidation sites excluding steroid dienone is 1. The summed E-state index contributed by atoms with van der Waals surface area (Å²) in [6, 6.07) is 13.7. The highest BCUT2D eigenvalue weighted by Crippen LogP contribution is 2.39. The van der Waals surface area contributed by atoms with Crippen LogP contribution >= 0.6 is 0 Å². The molecule has 0 amide bonds. The van der Waals surface area contributed by atoms with Crippen molar-refractivity contribution in [1.82, 2.24) is 0 Å². The average molecular weight is 749 g/mol. The molecule has 0 radical (unpaired) electrons. The number of carbonyl (C=O) groups excluding carboxylic acids is 1. The van der Waals surface area contributed by atoms with Crippen LogP contribution in [0.3, 0.4) is 0 Å². The summed E-state index contributed by atoms with van der Waals surface area (Å²) in [5.41, 5.74) is 1.17. The number of hydrogen-bond acceptors (Lipinski definition) is 5. The molecule has 4 atom stereocenters. The fraction of sp³-hybridized carbons (Fsp3) is 0.786. The minimum atomic E-state index is -2.09. The van der Waals surface area contributed by atoms with E-state index >= 15 is 0 Å². The Bertz CT molecular complexity index is 1090. The summed E-state index contributed by atoms with van der Waals surface area (Å²) in [5, 5.41) is 0.230. The highest BCUT2D eigenvalue weighted by Gasteiger charge is 2.40. The maximum absolute atomic E-state index is 13.6. The first-order valence-corrected chi connectivity index (χ1v) is 28.3. The van der Waals surface area contributed by atoms with Crippen LogP contribution in [-0.2, 0) is 29.4 Å². The second-order valence-electron chi connectivity index (χ2n) is 17.9. The minimum Gasteiger partial charge on any atom is -0.417 e. The molecule has 0 aliphatic heterocycles. The first kappa shape index (κ1) is 47.1. The molecule has 1 aromatic rings. The monoisotopic (exact) mass is 749 g/mol. The van der Waals surface area contributed by atoms with Crippen molar-refractivity contribution in [3.05, 3.63) is 48.0 Å². The molecule has 0 N–H and O–H groups in total. The standard InChI is InChI=1S/C42H80O5Si3/c1-16-20-25-35(5)40(47-50(17-2,18-3)19-4)32-37(43)28-24-29-39(46-49(14,15)42(9,10)11)33-38(44-34-36-26-22-21-23-27-36)30-31-45-48(12,13)41(6,7)8/h21-24,26-28,35,38-40H,16-20,25,29-34H2,1-15H3/b28-24+/t35-,38-,39-,40-/m0/s1. The van der Waals surface area contributed by atoms with Crippen LogP contribution in [0.1, 0.15) is 127 Å². The summed E-state index contributed by atoms with van der Waals surface area (Å²) in [6.45, 7) is 35.6. The van der Waals surface area contributed by atoms with Crippen LogP contribution in [0, 0.1) is 5.92 Å². The summed E-state index contributed by atoms with van der Waals surface area (Å²) in [4.78, 5) is 13.6. The molecule has 290 valence electrons. The Morgan fingerprint density at radius 1 is 0.800 bits per heavy atom. The van der Waals surface area contributed by atoms with Crippen LogP contribution in [0.25, 0.3) is 0 Å². The number of carbonyl (C=O) groups is 1. The minimum absolute atomic E-state index is 0.0128. The third-order valence-corrected chi connectivity index (χ3v) is 25.7. The quantitative estimate of drug-likeness (QED) is 0.0736. The summed E-state index contributed by atoms with van der Waals surface area (Å²) >= 11 is 0. The Hall–Kier alpha value is -0.879. The lowest BCUT2D eigenvalue weighted by molar-refractivity contribution is -0.116. The Labute approximate surface area is 313 Å². The molecule has 0 aliphatic rings. The SMILES string of the molecule is CCCC[C@H](C)[C@H](CC(=O)/C=C/C[C@@H](C[C@H](CCO[Si](C)(C)C(C)(C)C)OCc1ccccc1)O[Si](C)(C)C(C)(C)C)O[Si](CC)(CC)CC. The van der Waals surface area contributed by atoms with Gasteiger partial charge in [-0.05, 0) is 97.6 Å². The van der Waals surface area contributed by atoms with Gasteiger partial charge < -0.3 is 18.0 Å². The second-order valence-corrected chi connectivity index (χ2v) is 32.2. The molecule has 0 unspecified atom stereocenters. The van der Waals surface area contributed by atoms with E-state index in [0.29, 0.717) is 32.0 Å². The van der Waals surface area contributed by atoms with Gasteiger partial charge in [-0.2, -0.15) is 0 Å². The average Bonchev–Trinajstić information content (AvgIpc) is 3.03. The van der Waals surface area contributed by atoms with Crippen molar-refractivity contribution in [2.45, 2.75) is 200 Å². The van der Waals surface area contributed by atoms with E-state index < -0.39 is 25.0 Å². The zero-order valence-corrected chi connectivity index (χ0v) is 38.4. The van der Waals surface area contributed by atoms with Gasteiger partial charge in [-0.15, -0.1) is 0 Å². The molecule has 0 heterocycles. The van der Waals surface area contributed by atoms with Crippen LogP contribution in [-0.4, -0.2) is 55.7 Å². The maximum atomic E-state index is 13.6. The molecular weight excluding hydrogens is 669 g/mol. The summed E-state index contributed by atoms with van der Waals surface area (Å²) in [7, 11) is -5.82. The Kier molecular flexibility index (Phi) is 20.5. The molecular formula is C42H80O5Si3. The van der Waals surface area contributed by atoms with Crippen molar-refractivity contribution >= 4 is 30.7 Å². The summed E-state index contributed by atoms with van der Waals surface area (Å²) in [5.74, 6) is 0.532. The molecule has 5 nitrogen and oxygen atoms in total. The van der Waals surface area contributed by atoms with Gasteiger partial charge in [0, 0.05) is 13.0 Å². The molecule has 0 spiro atoms. The highest BCUT2D eigenvalue weighted by atomic mass is 28.4. The lowest BCUT2D eigenvalue weighted by Crippen LogP contribution is -2.45. The Balaban J connectivity index is 3.25. The zero-order valence-electron chi connectivity index (χ0n) is 35.4. The molecule has 1 aromatic carbocycles. The van der Waals surface area contributed by atoms with Crippen molar-refractivity contribution in [2.75, 3.05) is 6.61 Å². The molecule has 0 aromatic heterocycles. The summed E-state index contributed by atoms with van der Waals surface area (Å²) < 4.78 is 27.3. The number of ketones is 1. The number of benzene rings is 1. The van der Waals surface area contributed by atoms with Gasteiger partial charge in [0.25, 0.3) is 0 Å². The molecule has 0 bridgehead atoms. The van der Waals surface area contributed by atoms with E-state index in [9.17, 15) is 4.79 Å². The van der Waals surface area contributed by atoms with Crippen molar-refractivity contribution < 1.29 is 22.8 Å². The topological polar surface area (TPSA) is 54.0 Å². The van der Waals surface area contributed by atoms with E-state index in [1.54, 1.807) is 0 Å². The molecule has 8 heteroatoms. The lowest BCUT2D eigenvalue weighted by atomic mass is 9.94. The fourth-order valence-electron chi connectivity index (χ4n) is 5.81. The predicted octanol–water partition coefficient (Wildman–Crippen LogP) is 12.9. The van der Waals surface area contributed by atoms with Crippen molar-refractivity contribution in [2.24, 2.45) is 5.92 Å². The van der Waals surface area contributed by atoms with Gasteiger partial charge in [-0.3, -0.25) is 4.79 Å². The number of unbranched alkanes of at least 4 members (excludes halogenated alkanes) is 1. The van der Waals surface area contributed by atoms with E-state index in [2.05, 4.69) is 133 Å². The van der Waals surface area contributed by atoms with Gasteiger partial charge in [-0.25, -0.2) is 0 Å². The van der Waals surface area contributed by atoms with Gasteiger partial charge in [0.05, 0.1) is 24.9 Å². The van der Waals surface area contributed by atoms with Crippen molar-refractivity contribution in [1.29, 1.82) is 0 Å². The van der Waals surface area contributed by atoms with E-state index in [1.165, 1.54) is 12.0 Å². The van der Waals surface area contributed by atoms with Crippen LogP contribution in [0.15, 0.2) is 42.5 Å². The molecule has 1 rings (SSSR count). The van der Waals surface area contributed by atoms with E-state index in [0.717, 1.165) is 43.8 Å². The van der Waals surface area contributed by atoms with E-state index in [1.807, 2.05) is 12.1 Å². The van der Waals surface area contributed by atoms with Gasteiger partial charge in [0.15, 0.2) is 30.7 Å². The Morgan fingerprint density at radius 3 is 1.90 bits per heavy atom. The van der Waals surface area contributed by atoms with E-state index in [4.69, 9.17) is 18.0 Å². The van der Waals surface area contributed by atoms with Gasteiger partial charge >= 0.3 is 0 Å². The van der Waals surface area contributed by atoms with Crippen LogP contribution < -0.4 is 0 Å². The molecule has 50 heavy (non-hydrogen) atoms. The van der Waals surface area contributed by atoms with Crippen LogP contribution in [0.5, 0.6) is 0 Å². The molecule has 0 saturated carbocycles. The predicted molar refractivity (Wildman–Crippen MR) is 224 cm³/mol. The van der Waals surface area contributed by atoms with Gasteiger partial charge in [0.2, 0.25) is 0 Å². The smallest absolute Gasteiger partial charge is 0.192 e. The first-order chi connectivity index (χ1) is 23.2.